The van der Waals surface area contributed by atoms with Crippen molar-refractivity contribution in [1.29, 1.82) is 0 Å². The van der Waals surface area contributed by atoms with Crippen LogP contribution in [0.3, 0.4) is 0 Å². The summed E-state index contributed by atoms with van der Waals surface area (Å²) in [4.78, 5) is 11.2. The number of alkyl halides is 3. The first-order valence-corrected chi connectivity index (χ1v) is 5.46. The summed E-state index contributed by atoms with van der Waals surface area (Å²) < 4.78 is 39.3. The van der Waals surface area contributed by atoms with Gasteiger partial charge >= 0.3 is 6.18 Å². The van der Waals surface area contributed by atoms with E-state index in [0.29, 0.717) is 19.0 Å². The minimum atomic E-state index is -4.31. The van der Waals surface area contributed by atoms with Gasteiger partial charge in [-0.2, -0.15) is 13.2 Å². The number of nitrogens with one attached hydrogen (secondary N) is 2. The van der Waals surface area contributed by atoms with E-state index in [1.165, 1.54) is 0 Å². The third kappa shape index (κ3) is 13.1. The Morgan fingerprint density at radius 1 is 1.29 bits per heavy atom. The number of carbonyl (C=O) groups excluding carboxylic acids is 1. The van der Waals surface area contributed by atoms with Crippen LogP contribution in [-0.4, -0.2) is 44.4 Å². The zero-order chi connectivity index (χ0) is 13.3. The minimum absolute atomic E-state index is 0.0938. The van der Waals surface area contributed by atoms with Gasteiger partial charge in [-0.1, -0.05) is 13.8 Å². The maximum absolute atomic E-state index is 11.7. The lowest BCUT2D eigenvalue weighted by Crippen LogP contribution is -2.32. The lowest BCUT2D eigenvalue weighted by molar-refractivity contribution is -0.173. The molecule has 0 saturated heterocycles. The van der Waals surface area contributed by atoms with Crippen LogP contribution in [0.15, 0.2) is 0 Å². The molecule has 0 fully saturated rings. The lowest BCUT2D eigenvalue weighted by atomic mass is 10.3. The van der Waals surface area contributed by atoms with E-state index in [1.54, 1.807) is 0 Å². The van der Waals surface area contributed by atoms with Gasteiger partial charge in [-0.25, -0.2) is 0 Å². The molecule has 1 amide bonds. The van der Waals surface area contributed by atoms with Crippen molar-refractivity contribution >= 4 is 5.91 Å². The number of rotatable bonds is 8. The molecule has 0 atom stereocenters. The van der Waals surface area contributed by atoms with Crippen molar-refractivity contribution in [2.75, 3.05) is 26.3 Å². The quantitative estimate of drug-likeness (QED) is 0.639. The van der Waals surface area contributed by atoms with Gasteiger partial charge < -0.3 is 15.4 Å². The molecule has 0 bridgehead atoms. The van der Waals surface area contributed by atoms with E-state index in [4.69, 9.17) is 0 Å². The average Bonchev–Trinajstić information content (AvgIpc) is 2.14. The molecule has 102 valence electrons. The van der Waals surface area contributed by atoms with E-state index in [0.717, 1.165) is 0 Å². The third-order valence-corrected chi connectivity index (χ3v) is 1.74. The molecule has 0 aliphatic carbocycles. The van der Waals surface area contributed by atoms with Crippen molar-refractivity contribution in [3.05, 3.63) is 0 Å². The number of amides is 1. The second kappa shape index (κ2) is 8.30. The summed E-state index contributed by atoms with van der Waals surface area (Å²) in [6, 6.07) is 0.304. The van der Waals surface area contributed by atoms with Crippen molar-refractivity contribution in [2.45, 2.75) is 32.5 Å². The van der Waals surface area contributed by atoms with Gasteiger partial charge in [0.2, 0.25) is 5.91 Å². The number of hydrogen-bond donors (Lipinski definition) is 2. The highest BCUT2D eigenvalue weighted by molar-refractivity contribution is 5.75. The van der Waals surface area contributed by atoms with Crippen molar-refractivity contribution in [2.24, 2.45) is 0 Å². The summed E-state index contributed by atoms with van der Waals surface area (Å²) in [5.41, 5.74) is 0. The molecule has 0 heterocycles. The summed E-state index contributed by atoms with van der Waals surface area (Å²) in [5.74, 6) is -0.200. The van der Waals surface area contributed by atoms with E-state index in [1.807, 2.05) is 13.8 Å². The molecule has 0 aliphatic heterocycles. The van der Waals surface area contributed by atoms with Crippen molar-refractivity contribution in [1.82, 2.24) is 10.6 Å². The molecule has 0 aromatic carbocycles. The molecular formula is C10H19F3N2O2. The van der Waals surface area contributed by atoms with Gasteiger partial charge in [-0.15, -0.1) is 0 Å². The topological polar surface area (TPSA) is 50.4 Å². The standard InChI is InChI=1S/C10H19F3N2O2/c1-8(2)14-4-3-9(16)15-5-6-17-7-10(11,12)13/h8,14H,3-7H2,1-2H3,(H,15,16). The van der Waals surface area contributed by atoms with Crippen LogP contribution in [0.1, 0.15) is 20.3 Å². The molecule has 0 aromatic rings. The molecule has 0 aliphatic rings. The molecule has 0 rings (SSSR count). The Morgan fingerprint density at radius 2 is 1.94 bits per heavy atom. The zero-order valence-corrected chi connectivity index (χ0v) is 10.1. The first-order valence-electron chi connectivity index (χ1n) is 5.46. The van der Waals surface area contributed by atoms with Crippen LogP contribution >= 0.6 is 0 Å². The fraction of sp³-hybridized carbons (Fsp3) is 0.900. The minimum Gasteiger partial charge on any atom is -0.370 e. The van der Waals surface area contributed by atoms with Gasteiger partial charge in [0.25, 0.3) is 0 Å². The van der Waals surface area contributed by atoms with Gasteiger partial charge in [0.15, 0.2) is 0 Å². The number of ether oxygens (including phenoxy) is 1. The fourth-order valence-electron chi connectivity index (χ4n) is 1.01. The predicted molar refractivity (Wildman–Crippen MR) is 57.6 cm³/mol. The van der Waals surface area contributed by atoms with E-state index in [-0.39, 0.29) is 19.1 Å². The van der Waals surface area contributed by atoms with Crippen LogP contribution in [0.2, 0.25) is 0 Å². The summed E-state index contributed by atoms with van der Waals surface area (Å²) >= 11 is 0. The van der Waals surface area contributed by atoms with Gasteiger partial charge in [-0.05, 0) is 0 Å². The third-order valence-electron chi connectivity index (χ3n) is 1.74. The highest BCUT2D eigenvalue weighted by Gasteiger charge is 2.27. The first kappa shape index (κ1) is 16.2. The molecule has 0 unspecified atom stereocenters. The van der Waals surface area contributed by atoms with Crippen LogP contribution in [-0.2, 0) is 9.53 Å². The fourth-order valence-corrected chi connectivity index (χ4v) is 1.01. The Labute approximate surface area is 98.9 Å². The summed E-state index contributed by atoms with van der Waals surface area (Å²) in [5, 5.41) is 5.53. The van der Waals surface area contributed by atoms with E-state index in [9.17, 15) is 18.0 Å². The van der Waals surface area contributed by atoms with Crippen molar-refractivity contribution in [3.63, 3.8) is 0 Å². The van der Waals surface area contributed by atoms with Gasteiger partial charge in [-0.3, -0.25) is 4.79 Å². The molecule has 4 nitrogen and oxygen atoms in total. The molecular weight excluding hydrogens is 237 g/mol. The Bertz CT molecular complexity index is 220. The summed E-state index contributed by atoms with van der Waals surface area (Å²) in [6.07, 6.45) is -4.01. The molecule has 0 saturated carbocycles. The maximum atomic E-state index is 11.7. The Hall–Kier alpha value is -0.820. The van der Waals surface area contributed by atoms with Crippen molar-refractivity contribution < 1.29 is 22.7 Å². The number of halogens is 3. The second-order valence-corrected chi connectivity index (χ2v) is 3.88. The number of hydrogen-bond acceptors (Lipinski definition) is 3. The average molecular weight is 256 g/mol. The Balaban J connectivity index is 3.34. The van der Waals surface area contributed by atoms with Crippen LogP contribution in [0.4, 0.5) is 13.2 Å². The smallest absolute Gasteiger partial charge is 0.370 e. The Morgan fingerprint density at radius 3 is 2.47 bits per heavy atom. The van der Waals surface area contributed by atoms with E-state index >= 15 is 0 Å². The second-order valence-electron chi connectivity index (χ2n) is 3.88. The predicted octanol–water partition coefficient (Wildman–Crippen LogP) is 1.07. The molecule has 7 heteroatoms. The molecule has 0 radical (unpaired) electrons. The monoisotopic (exact) mass is 256 g/mol. The van der Waals surface area contributed by atoms with Gasteiger partial charge in [0.05, 0.1) is 6.61 Å². The molecule has 17 heavy (non-hydrogen) atoms. The highest BCUT2D eigenvalue weighted by atomic mass is 19.4. The Kier molecular flexibility index (Phi) is 7.90. The summed E-state index contributed by atoms with van der Waals surface area (Å²) in [6.45, 7) is 3.15. The molecule has 2 N–H and O–H groups in total. The molecule has 0 spiro atoms. The van der Waals surface area contributed by atoms with E-state index < -0.39 is 12.8 Å². The van der Waals surface area contributed by atoms with Gasteiger partial charge in [0, 0.05) is 25.6 Å². The first-order chi connectivity index (χ1) is 7.81. The van der Waals surface area contributed by atoms with Crippen LogP contribution in [0, 0.1) is 0 Å². The lowest BCUT2D eigenvalue weighted by Gasteiger charge is -2.09. The van der Waals surface area contributed by atoms with E-state index in [2.05, 4.69) is 15.4 Å². The van der Waals surface area contributed by atoms with Crippen LogP contribution in [0.25, 0.3) is 0 Å². The van der Waals surface area contributed by atoms with Gasteiger partial charge in [0.1, 0.15) is 6.61 Å². The normalized spacial score (nSPS) is 11.9. The van der Waals surface area contributed by atoms with Crippen molar-refractivity contribution in [3.8, 4) is 0 Å². The maximum Gasteiger partial charge on any atom is 0.411 e. The SMILES string of the molecule is CC(C)NCCC(=O)NCCOCC(F)(F)F. The largest absolute Gasteiger partial charge is 0.411 e. The molecule has 0 aromatic heterocycles. The van der Waals surface area contributed by atoms with Crippen LogP contribution < -0.4 is 10.6 Å². The van der Waals surface area contributed by atoms with Crippen LogP contribution in [0.5, 0.6) is 0 Å². The summed E-state index contributed by atoms with van der Waals surface area (Å²) in [7, 11) is 0. The zero-order valence-electron chi connectivity index (χ0n) is 10.1. The highest BCUT2D eigenvalue weighted by Crippen LogP contribution is 2.13. The number of carbonyl (C=O) groups is 1.